The zero-order valence-electron chi connectivity index (χ0n) is 13.7. The van der Waals surface area contributed by atoms with Gasteiger partial charge in [0, 0.05) is 21.0 Å². The molecule has 0 aliphatic carbocycles. The summed E-state index contributed by atoms with van der Waals surface area (Å²) in [6, 6.07) is 8.05. The van der Waals surface area contributed by atoms with Crippen molar-refractivity contribution in [3.8, 4) is 0 Å². The summed E-state index contributed by atoms with van der Waals surface area (Å²) in [7, 11) is -4.29. The van der Waals surface area contributed by atoms with Gasteiger partial charge in [0.15, 0.2) is 0 Å². The van der Waals surface area contributed by atoms with Crippen LogP contribution in [-0.2, 0) is 16.2 Å². The molecule has 0 spiro atoms. The minimum Gasteiger partial charge on any atom is -0.858 e. The van der Waals surface area contributed by atoms with Gasteiger partial charge in [-0.2, -0.15) is 26.0 Å². The van der Waals surface area contributed by atoms with Crippen LogP contribution in [0.3, 0.4) is 0 Å². The fraction of sp³-hybridized carbons (Fsp3) is 0.0625. The smallest absolute Gasteiger partial charge is 0.858 e. The van der Waals surface area contributed by atoms with Crippen LogP contribution in [-0.4, -0.2) is 14.3 Å². The summed E-state index contributed by atoms with van der Waals surface area (Å²) < 4.78 is 64.9. The second kappa shape index (κ2) is 9.58. The Hall–Kier alpha value is -0.840. The number of alkyl halides is 3. The Bertz CT molecular complexity index is 977. The molecular weight excluding hydrogens is 482 g/mol. The Labute approximate surface area is 189 Å². The van der Waals surface area contributed by atoms with E-state index in [9.17, 15) is 26.7 Å². The first-order chi connectivity index (χ1) is 12.0. The zero-order chi connectivity index (χ0) is 19.5. The molecule has 0 radical (unpaired) electrons. The molecular formula is C16H9BrClF3NNaO3S. The number of rotatable bonds is 4. The molecule has 0 bridgehead atoms. The fourth-order valence-electron chi connectivity index (χ4n) is 1.81. The predicted octanol–water partition coefficient (Wildman–Crippen LogP) is 1.23. The molecule has 27 heavy (non-hydrogen) atoms. The molecule has 0 saturated carbocycles. The van der Waals surface area contributed by atoms with Crippen molar-refractivity contribution in [2.45, 2.75) is 6.18 Å². The molecule has 0 heterocycles. The monoisotopic (exact) mass is 489 g/mol. The Balaban J connectivity index is 0.00000364. The van der Waals surface area contributed by atoms with Crippen molar-refractivity contribution in [2.24, 2.45) is 4.40 Å². The van der Waals surface area contributed by atoms with Crippen LogP contribution < -0.4 is 34.7 Å². The van der Waals surface area contributed by atoms with Crippen LogP contribution in [0.2, 0.25) is 5.02 Å². The summed E-state index contributed by atoms with van der Waals surface area (Å²) in [5, 5.41) is 12.6. The van der Waals surface area contributed by atoms with Gasteiger partial charge < -0.3 is 5.11 Å². The third-order valence-corrected chi connectivity index (χ3v) is 4.75. The van der Waals surface area contributed by atoms with E-state index in [1.807, 2.05) is 0 Å². The van der Waals surface area contributed by atoms with Crippen molar-refractivity contribution in [2.75, 3.05) is 0 Å². The first-order valence-corrected chi connectivity index (χ1v) is 9.48. The number of hydrogen-bond donors (Lipinski definition) is 0. The minimum absolute atomic E-state index is 0. The van der Waals surface area contributed by atoms with Crippen LogP contribution in [0.25, 0.3) is 6.08 Å². The third-order valence-electron chi connectivity index (χ3n) is 3.04. The molecule has 0 aromatic heterocycles. The average molecular weight is 491 g/mol. The van der Waals surface area contributed by atoms with E-state index in [0.717, 1.165) is 30.3 Å². The van der Waals surface area contributed by atoms with E-state index in [-0.39, 0.29) is 45.7 Å². The molecule has 0 N–H and O–H groups in total. The number of benzene rings is 2. The first-order valence-electron chi connectivity index (χ1n) is 6.81. The second-order valence-electron chi connectivity index (χ2n) is 4.96. The molecule has 0 atom stereocenters. The molecule has 4 nitrogen and oxygen atoms in total. The largest absolute Gasteiger partial charge is 1.00 e. The van der Waals surface area contributed by atoms with Gasteiger partial charge in [0.25, 0.3) is 10.0 Å². The Morgan fingerprint density at radius 3 is 2.26 bits per heavy atom. The van der Waals surface area contributed by atoms with Gasteiger partial charge in [0.05, 0.1) is 11.0 Å². The summed E-state index contributed by atoms with van der Waals surface area (Å²) >= 11 is 9.01. The molecule has 0 saturated heterocycles. The van der Waals surface area contributed by atoms with E-state index >= 15 is 0 Å². The van der Waals surface area contributed by atoms with Gasteiger partial charge in [-0.3, -0.25) is 0 Å². The van der Waals surface area contributed by atoms with Gasteiger partial charge >= 0.3 is 35.7 Å². The molecule has 0 amide bonds. The minimum atomic E-state index is -4.49. The van der Waals surface area contributed by atoms with Gasteiger partial charge in [0.2, 0.25) is 0 Å². The molecule has 2 rings (SSSR count). The van der Waals surface area contributed by atoms with E-state index < -0.39 is 27.7 Å². The number of nitrogens with zero attached hydrogens (tertiary/aromatic N) is 1. The maximum absolute atomic E-state index is 12.5. The van der Waals surface area contributed by atoms with Crippen LogP contribution in [0.15, 0.2) is 56.7 Å². The number of sulfonamides is 1. The van der Waals surface area contributed by atoms with Crippen LogP contribution in [0.1, 0.15) is 16.7 Å². The van der Waals surface area contributed by atoms with Gasteiger partial charge in [-0.25, -0.2) is 0 Å². The van der Waals surface area contributed by atoms with E-state index in [1.54, 1.807) is 0 Å². The second-order valence-corrected chi connectivity index (χ2v) is 7.77. The summed E-state index contributed by atoms with van der Waals surface area (Å²) in [6.45, 7) is 0. The van der Waals surface area contributed by atoms with Gasteiger partial charge in [-0.15, -0.1) is 0 Å². The summed E-state index contributed by atoms with van der Waals surface area (Å²) in [4.78, 5) is 0. The summed E-state index contributed by atoms with van der Waals surface area (Å²) in [6.07, 6.45) is -3.45. The van der Waals surface area contributed by atoms with Gasteiger partial charge in [-0.05, 0) is 35.9 Å². The number of halogens is 5. The maximum Gasteiger partial charge on any atom is 1.00 e. The van der Waals surface area contributed by atoms with Crippen LogP contribution in [0.5, 0.6) is 0 Å². The topological polar surface area (TPSA) is 69.6 Å². The normalized spacial score (nSPS) is 12.9. The van der Waals surface area contributed by atoms with Crippen LogP contribution in [0.4, 0.5) is 13.2 Å². The predicted molar refractivity (Wildman–Crippen MR) is 95.1 cm³/mol. The molecule has 0 aliphatic heterocycles. The van der Waals surface area contributed by atoms with Crippen molar-refractivity contribution < 1.29 is 56.3 Å². The average Bonchev–Trinajstić information content (AvgIpc) is 2.52. The van der Waals surface area contributed by atoms with Gasteiger partial charge in [-0.1, -0.05) is 45.7 Å². The quantitative estimate of drug-likeness (QED) is 0.368. The molecule has 0 aliphatic rings. The fourth-order valence-corrected chi connectivity index (χ4v) is 3.28. The first kappa shape index (κ1) is 24.2. The van der Waals surface area contributed by atoms with E-state index in [4.69, 9.17) is 11.6 Å². The van der Waals surface area contributed by atoms with Crippen molar-refractivity contribution in [3.63, 3.8) is 0 Å². The Morgan fingerprint density at radius 2 is 1.74 bits per heavy atom. The molecule has 2 aromatic rings. The third kappa shape index (κ3) is 7.24. The molecule has 0 fully saturated rings. The van der Waals surface area contributed by atoms with E-state index in [2.05, 4.69) is 20.3 Å². The Kier molecular flexibility index (Phi) is 8.58. The molecule has 2 aromatic carbocycles. The Morgan fingerprint density at radius 1 is 1.15 bits per heavy atom. The van der Waals surface area contributed by atoms with E-state index in [0.29, 0.717) is 9.88 Å². The van der Waals surface area contributed by atoms with Crippen LogP contribution in [0, 0.1) is 0 Å². The molecule has 0 unspecified atom stereocenters. The van der Waals surface area contributed by atoms with E-state index in [1.165, 1.54) is 18.2 Å². The van der Waals surface area contributed by atoms with Crippen LogP contribution >= 0.6 is 27.5 Å². The standard InChI is InChI=1S/C16H10BrClF3NO3S.Na/c17-12-5-6-13(14(18)9-12)15(23)22-26(24,25)8-7-10-1-3-11(4-2-10)16(19,20)21;/h1-9H,(H,22,23);/q;+1/p-1/b8-7+;. The van der Waals surface area contributed by atoms with Crippen molar-refractivity contribution in [1.29, 1.82) is 0 Å². The van der Waals surface area contributed by atoms with Crippen molar-refractivity contribution in [3.05, 3.63) is 74.1 Å². The van der Waals surface area contributed by atoms with Crippen molar-refractivity contribution in [1.82, 2.24) is 0 Å². The van der Waals surface area contributed by atoms with Crippen molar-refractivity contribution >= 4 is 49.5 Å². The van der Waals surface area contributed by atoms with Gasteiger partial charge in [0.1, 0.15) is 0 Å². The summed E-state index contributed by atoms with van der Waals surface area (Å²) in [5.74, 6) is -1.06. The molecule has 11 heteroatoms. The summed E-state index contributed by atoms with van der Waals surface area (Å²) in [5.41, 5.74) is -0.755. The molecule has 138 valence electrons. The number of hydrogen-bond acceptors (Lipinski definition) is 3. The zero-order valence-corrected chi connectivity index (χ0v) is 18.8. The maximum atomic E-state index is 12.5. The SMILES string of the molecule is O=S(=O)(/C=C/c1ccc(C(F)(F)F)cc1)/N=C(\[O-])c1ccc(Br)cc1Cl.[Na+].